The van der Waals surface area contributed by atoms with Crippen LogP contribution in [0.3, 0.4) is 0 Å². The van der Waals surface area contributed by atoms with Gasteiger partial charge in [-0.15, -0.1) is 0 Å². The van der Waals surface area contributed by atoms with Crippen molar-refractivity contribution in [1.82, 2.24) is 14.7 Å². The van der Waals surface area contributed by atoms with Crippen LogP contribution in [0.5, 0.6) is 0 Å². The Balaban J connectivity index is 1.94. The fourth-order valence-corrected chi connectivity index (χ4v) is 4.55. The molecule has 5 heteroatoms. The molecule has 5 rings (SSSR count). The summed E-state index contributed by atoms with van der Waals surface area (Å²) in [6.07, 6.45) is 1.10. The molecule has 0 amide bonds. The van der Waals surface area contributed by atoms with Crippen LogP contribution in [0.1, 0.15) is 17.5 Å². The fraction of sp³-hybridized carbons (Fsp3) is 0.250. The molecule has 1 N–H and O–H groups in total. The van der Waals surface area contributed by atoms with E-state index < -0.39 is 0 Å². The quantitative estimate of drug-likeness (QED) is 0.580. The molecule has 5 nitrogen and oxygen atoms in total. The Morgan fingerprint density at radius 2 is 1.86 bits per heavy atom. The van der Waals surface area contributed by atoms with Crippen LogP contribution in [-0.4, -0.2) is 35.6 Å². The van der Waals surface area contributed by atoms with Gasteiger partial charge in [-0.25, -0.2) is 4.98 Å². The van der Waals surface area contributed by atoms with Gasteiger partial charge in [0.15, 0.2) is 5.65 Å². The average molecular weight is 381 g/mol. The molecule has 144 valence electrons. The van der Waals surface area contributed by atoms with Gasteiger partial charge in [0.2, 0.25) is 0 Å². The molecule has 1 atom stereocenters. The van der Waals surface area contributed by atoms with E-state index in [1.807, 2.05) is 31.3 Å². The number of nitrogens with zero attached hydrogens (tertiary/aromatic N) is 4. The number of imidazole rings is 1. The lowest BCUT2D eigenvalue weighted by Crippen LogP contribution is -2.30. The van der Waals surface area contributed by atoms with E-state index in [0.29, 0.717) is 11.6 Å². The first-order chi connectivity index (χ1) is 14.2. The minimum absolute atomic E-state index is 0.458. The molecule has 0 unspecified atom stereocenters. The number of nitriles is 1. The molecule has 2 aromatic carbocycles. The standard InChI is InChI=1S/C24H23N5/c1-16-19(14-25)23-27-20-10-6-7-11-21(20)29(23)24(28-13-12-18(15-28)26-2)22(16)17-8-4-3-5-9-17/h3-11,18,26H,12-13,15H2,1-2H3/t18-/m0/s1. The molecule has 4 aromatic rings. The van der Waals surface area contributed by atoms with Crippen LogP contribution in [0.15, 0.2) is 54.6 Å². The van der Waals surface area contributed by atoms with Crippen LogP contribution in [0.4, 0.5) is 5.82 Å². The molecule has 2 aromatic heterocycles. The molecule has 0 radical (unpaired) electrons. The van der Waals surface area contributed by atoms with Gasteiger partial charge in [-0.2, -0.15) is 5.26 Å². The predicted octanol–water partition coefficient (Wildman–Crippen LogP) is 4.13. The second-order valence-corrected chi connectivity index (χ2v) is 7.66. The smallest absolute Gasteiger partial charge is 0.157 e. The molecular formula is C24H23N5. The zero-order valence-corrected chi connectivity index (χ0v) is 16.7. The fourth-order valence-electron chi connectivity index (χ4n) is 4.55. The van der Waals surface area contributed by atoms with E-state index in [9.17, 15) is 5.26 Å². The van der Waals surface area contributed by atoms with Crippen LogP contribution in [0.25, 0.3) is 27.8 Å². The number of para-hydroxylation sites is 2. The maximum Gasteiger partial charge on any atom is 0.157 e. The summed E-state index contributed by atoms with van der Waals surface area (Å²) in [4.78, 5) is 7.29. The zero-order chi connectivity index (χ0) is 20.0. The molecule has 3 heterocycles. The van der Waals surface area contributed by atoms with Crippen LogP contribution in [-0.2, 0) is 0 Å². The lowest BCUT2D eigenvalue weighted by molar-refractivity contribution is 0.616. The first-order valence-electron chi connectivity index (χ1n) is 10.0. The Hall–Kier alpha value is -3.36. The summed E-state index contributed by atoms with van der Waals surface area (Å²) < 4.78 is 2.20. The molecule has 29 heavy (non-hydrogen) atoms. The number of likely N-dealkylation sites (N-methyl/N-ethyl adjacent to an activating group) is 1. The number of rotatable bonds is 3. The number of pyridine rings is 1. The molecule has 1 saturated heterocycles. The Bertz CT molecular complexity index is 1250. The van der Waals surface area contributed by atoms with Gasteiger partial charge in [0.1, 0.15) is 11.9 Å². The van der Waals surface area contributed by atoms with Crippen molar-refractivity contribution in [3.8, 4) is 17.2 Å². The van der Waals surface area contributed by atoms with Crippen LogP contribution in [0.2, 0.25) is 0 Å². The van der Waals surface area contributed by atoms with Gasteiger partial charge < -0.3 is 10.2 Å². The Kier molecular flexibility index (Phi) is 4.22. The van der Waals surface area contributed by atoms with Crippen molar-refractivity contribution in [2.75, 3.05) is 25.0 Å². The lowest BCUT2D eigenvalue weighted by Gasteiger charge is -2.26. The normalized spacial score (nSPS) is 16.6. The number of hydrogen-bond acceptors (Lipinski definition) is 4. The van der Waals surface area contributed by atoms with Crippen molar-refractivity contribution in [2.24, 2.45) is 0 Å². The van der Waals surface area contributed by atoms with Crippen molar-refractivity contribution in [2.45, 2.75) is 19.4 Å². The van der Waals surface area contributed by atoms with Crippen molar-refractivity contribution in [1.29, 1.82) is 5.26 Å². The maximum atomic E-state index is 10.0. The predicted molar refractivity (Wildman–Crippen MR) is 117 cm³/mol. The van der Waals surface area contributed by atoms with E-state index in [0.717, 1.165) is 58.7 Å². The highest BCUT2D eigenvalue weighted by atomic mass is 15.3. The van der Waals surface area contributed by atoms with Gasteiger partial charge in [-0.3, -0.25) is 4.40 Å². The van der Waals surface area contributed by atoms with Crippen LogP contribution in [0, 0.1) is 18.3 Å². The second-order valence-electron chi connectivity index (χ2n) is 7.66. The highest BCUT2D eigenvalue weighted by molar-refractivity contribution is 5.92. The van der Waals surface area contributed by atoms with Crippen molar-refractivity contribution in [3.05, 3.63) is 65.7 Å². The highest BCUT2D eigenvalue weighted by Crippen LogP contribution is 2.40. The number of aromatic nitrogens is 2. The number of benzene rings is 2. The molecule has 0 spiro atoms. The Morgan fingerprint density at radius 1 is 1.10 bits per heavy atom. The minimum Gasteiger partial charge on any atom is -0.356 e. The van der Waals surface area contributed by atoms with Gasteiger partial charge in [0.25, 0.3) is 0 Å². The largest absolute Gasteiger partial charge is 0.356 e. The lowest BCUT2D eigenvalue weighted by atomic mass is 9.97. The van der Waals surface area contributed by atoms with Gasteiger partial charge in [-0.1, -0.05) is 42.5 Å². The van der Waals surface area contributed by atoms with E-state index in [-0.39, 0.29) is 0 Å². The number of anilines is 1. The van der Waals surface area contributed by atoms with Crippen molar-refractivity contribution >= 4 is 22.5 Å². The second kappa shape index (κ2) is 6.91. The van der Waals surface area contributed by atoms with E-state index in [4.69, 9.17) is 4.98 Å². The van der Waals surface area contributed by atoms with E-state index >= 15 is 0 Å². The summed E-state index contributed by atoms with van der Waals surface area (Å²) in [5.74, 6) is 1.13. The van der Waals surface area contributed by atoms with Crippen LogP contribution < -0.4 is 10.2 Å². The first-order valence-corrected chi connectivity index (χ1v) is 10.0. The van der Waals surface area contributed by atoms with Crippen molar-refractivity contribution in [3.63, 3.8) is 0 Å². The SMILES string of the molecule is CN[C@H]1CCN(c2c(-c3ccccc3)c(C)c(C#N)c3nc4ccccc4n23)C1. The first kappa shape index (κ1) is 17.7. The Morgan fingerprint density at radius 3 is 2.59 bits per heavy atom. The van der Waals surface area contributed by atoms with Gasteiger partial charge in [0, 0.05) is 24.7 Å². The molecule has 1 fully saturated rings. The minimum atomic E-state index is 0.458. The van der Waals surface area contributed by atoms with Crippen LogP contribution >= 0.6 is 0 Å². The topological polar surface area (TPSA) is 56.4 Å². The molecular weight excluding hydrogens is 358 g/mol. The number of nitrogens with one attached hydrogen (secondary N) is 1. The third kappa shape index (κ3) is 2.68. The number of hydrogen-bond donors (Lipinski definition) is 1. The average Bonchev–Trinajstić information content (AvgIpc) is 3.38. The van der Waals surface area contributed by atoms with Gasteiger partial charge in [0.05, 0.1) is 16.6 Å². The third-order valence-corrected chi connectivity index (χ3v) is 6.04. The zero-order valence-electron chi connectivity index (χ0n) is 16.7. The number of fused-ring (bicyclic) bond motifs is 3. The van der Waals surface area contributed by atoms with Crippen molar-refractivity contribution < 1.29 is 0 Å². The summed E-state index contributed by atoms with van der Waals surface area (Å²) in [6, 6.07) is 21.4. The molecule has 0 bridgehead atoms. The van der Waals surface area contributed by atoms with E-state index in [1.54, 1.807) is 0 Å². The van der Waals surface area contributed by atoms with Gasteiger partial charge >= 0.3 is 0 Å². The summed E-state index contributed by atoms with van der Waals surface area (Å²) in [5.41, 5.74) is 6.59. The summed E-state index contributed by atoms with van der Waals surface area (Å²) >= 11 is 0. The highest BCUT2D eigenvalue weighted by Gasteiger charge is 2.29. The summed E-state index contributed by atoms with van der Waals surface area (Å²) in [7, 11) is 2.03. The molecule has 0 saturated carbocycles. The van der Waals surface area contributed by atoms with E-state index in [1.165, 1.54) is 0 Å². The van der Waals surface area contributed by atoms with E-state index in [2.05, 4.69) is 57.9 Å². The monoisotopic (exact) mass is 381 g/mol. The molecule has 1 aliphatic rings. The van der Waals surface area contributed by atoms with Gasteiger partial charge in [-0.05, 0) is 43.7 Å². The molecule has 0 aliphatic carbocycles. The molecule has 1 aliphatic heterocycles. The third-order valence-electron chi connectivity index (χ3n) is 6.04. The summed E-state index contributed by atoms with van der Waals surface area (Å²) in [5, 5.41) is 13.4. The summed E-state index contributed by atoms with van der Waals surface area (Å²) in [6.45, 7) is 3.96. The maximum absolute atomic E-state index is 10.0. The Labute approximate surface area is 170 Å².